The monoisotopic (exact) mass is 378 g/mol. The van der Waals surface area contributed by atoms with E-state index in [-0.39, 0.29) is 5.97 Å². The molecule has 7 heteroatoms. The van der Waals surface area contributed by atoms with Gasteiger partial charge in [-0.3, -0.25) is 0 Å². The highest BCUT2D eigenvalue weighted by Gasteiger charge is 2.21. The van der Waals surface area contributed by atoms with Gasteiger partial charge in [-0.2, -0.15) is 0 Å². The van der Waals surface area contributed by atoms with E-state index in [1.165, 1.54) is 11.3 Å². The lowest BCUT2D eigenvalue weighted by atomic mass is 10.1. The van der Waals surface area contributed by atoms with Gasteiger partial charge in [0.25, 0.3) is 0 Å². The van der Waals surface area contributed by atoms with E-state index < -0.39 is 0 Å². The molecule has 0 aliphatic carbocycles. The Morgan fingerprint density at radius 2 is 1.80 bits per heavy atom. The summed E-state index contributed by atoms with van der Waals surface area (Å²) >= 11 is 6.85. The van der Waals surface area contributed by atoms with Crippen LogP contribution in [0.5, 0.6) is 5.75 Å². The van der Waals surface area contributed by atoms with Crippen LogP contribution in [-0.4, -0.2) is 24.3 Å². The number of rotatable bonds is 6. The normalized spacial score (nSPS) is 10.2. The van der Waals surface area contributed by atoms with Crippen LogP contribution in [0.15, 0.2) is 24.3 Å². The molecule has 2 N–H and O–H groups in total. The summed E-state index contributed by atoms with van der Waals surface area (Å²) in [6.45, 7) is 8.57. The molecule has 0 radical (unpaired) electrons. The van der Waals surface area contributed by atoms with Crippen LogP contribution in [0.2, 0.25) is 0 Å². The molecule has 0 unspecified atom stereocenters. The van der Waals surface area contributed by atoms with E-state index in [0.717, 1.165) is 21.9 Å². The zero-order valence-electron chi connectivity index (χ0n) is 14.8. The fraction of sp³-hybridized carbons (Fsp3) is 0.333. The fourth-order valence-corrected chi connectivity index (χ4v) is 3.57. The third-order valence-corrected chi connectivity index (χ3v) is 4.84. The first-order valence-corrected chi connectivity index (χ1v) is 9.26. The maximum atomic E-state index is 12.2. The lowest BCUT2D eigenvalue weighted by Gasteiger charge is -2.11. The quantitative estimate of drug-likeness (QED) is 0.559. The smallest absolute Gasteiger partial charge is 0.341 e. The molecule has 2 aromatic rings. The van der Waals surface area contributed by atoms with Gasteiger partial charge < -0.3 is 20.1 Å². The average molecular weight is 379 g/mol. The largest absolute Gasteiger partial charge is 0.494 e. The summed E-state index contributed by atoms with van der Waals surface area (Å²) in [5, 5.41) is 7.32. The van der Waals surface area contributed by atoms with Gasteiger partial charge in [0, 0.05) is 10.6 Å². The molecule has 0 aliphatic heterocycles. The van der Waals surface area contributed by atoms with Crippen molar-refractivity contribution in [1.82, 2.24) is 0 Å². The number of thiocarbonyl (C=S) groups is 1. The van der Waals surface area contributed by atoms with Crippen molar-refractivity contribution in [2.24, 2.45) is 0 Å². The van der Waals surface area contributed by atoms with Gasteiger partial charge in [-0.05, 0) is 69.7 Å². The Morgan fingerprint density at radius 1 is 1.12 bits per heavy atom. The Balaban J connectivity index is 2.10. The number of benzene rings is 1. The topological polar surface area (TPSA) is 59.6 Å². The Labute approximate surface area is 157 Å². The number of esters is 1. The number of carbonyl (C=O) groups excluding carboxylic acids is 1. The number of thiophene rings is 1. The van der Waals surface area contributed by atoms with Crippen molar-refractivity contribution in [3.8, 4) is 5.75 Å². The molecule has 25 heavy (non-hydrogen) atoms. The summed E-state index contributed by atoms with van der Waals surface area (Å²) in [5.74, 6) is 0.469. The van der Waals surface area contributed by atoms with Gasteiger partial charge in [0.2, 0.25) is 0 Å². The number of carbonyl (C=O) groups is 1. The Morgan fingerprint density at radius 3 is 2.40 bits per heavy atom. The number of anilines is 2. The molecular formula is C18H22N2O3S2. The summed E-state index contributed by atoms with van der Waals surface area (Å²) in [6, 6.07) is 7.52. The molecule has 134 valence electrons. The van der Waals surface area contributed by atoms with Crippen LogP contribution in [0.25, 0.3) is 0 Å². The molecule has 0 saturated carbocycles. The van der Waals surface area contributed by atoms with Crippen molar-refractivity contribution < 1.29 is 14.3 Å². The van der Waals surface area contributed by atoms with Gasteiger partial charge in [-0.25, -0.2) is 4.79 Å². The molecule has 1 aromatic carbocycles. The zero-order chi connectivity index (χ0) is 18.4. The highest BCUT2D eigenvalue weighted by atomic mass is 32.1. The molecule has 1 aromatic heterocycles. The molecular weight excluding hydrogens is 356 g/mol. The third-order valence-electron chi connectivity index (χ3n) is 3.52. The summed E-state index contributed by atoms with van der Waals surface area (Å²) in [5.41, 5.74) is 2.29. The number of hydrogen-bond donors (Lipinski definition) is 2. The van der Waals surface area contributed by atoms with Crippen molar-refractivity contribution in [1.29, 1.82) is 0 Å². The first-order valence-electron chi connectivity index (χ1n) is 8.04. The van der Waals surface area contributed by atoms with Crippen molar-refractivity contribution in [3.05, 3.63) is 40.3 Å². The molecule has 0 aliphatic rings. The molecule has 2 rings (SSSR count). The predicted molar refractivity (Wildman–Crippen MR) is 107 cm³/mol. The van der Waals surface area contributed by atoms with Crippen molar-refractivity contribution in [3.63, 3.8) is 0 Å². The first-order chi connectivity index (χ1) is 12.0. The zero-order valence-corrected chi connectivity index (χ0v) is 16.4. The highest BCUT2D eigenvalue weighted by molar-refractivity contribution is 7.80. The highest BCUT2D eigenvalue weighted by Crippen LogP contribution is 2.33. The predicted octanol–water partition coefficient (Wildman–Crippen LogP) is 4.75. The van der Waals surface area contributed by atoms with Crippen LogP contribution < -0.4 is 15.4 Å². The third kappa shape index (κ3) is 4.93. The number of aryl methyl sites for hydroxylation is 1. The summed E-state index contributed by atoms with van der Waals surface area (Å²) in [4.78, 5) is 13.3. The van der Waals surface area contributed by atoms with Gasteiger partial charge in [-0.15, -0.1) is 11.3 Å². The van der Waals surface area contributed by atoms with E-state index in [1.807, 2.05) is 45.0 Å². The van der Waals surface area contributed by atoms with Crippen LogP contribution in [-0.2, 0) is 4.74 Å². The summed E-state index contributed by atoms with van der Waals surface area (Å²) in [7, 11) is 0. The van der Waals surface area contributed by atoms with E-state index in [9.17, 15) is 4.79 Å². The summed E-state index contributed by atoms with van der Waals surface area (Å²) in [6.07, 6.45) is 0. The minimum Gasteiger partial charge on any atom is -0.494 e. The minimum absolute atomic E-state index is 0.335. The molecule has 0 atom stereocenters. The fourth-order valence-electron chi connectivity index (χ4n) is 2.23. The second kappa shape index (κ2) is 8.82. The maximum absolute atomic E-state index is 12.2. The van der Waals surface area contributed by atoms with E-state index in [1.54, 1.807) is 6.92 Å². The number of ether oxygens (including phenoxy) is 2. The van der Waals surface area contributed by atoms with Gasteiger partial charge >= 0.3 is 5.97 Å². The van der Waals surface area contributed by atoms with E-state index in [2.05, 4.69) is 10.6 Å². The summed E-state index contributed by atoms with van der Waals surface area (Å²) < 4.78 is 10.6. The Hall–Kier alpha value is -2.12. The molecule has 0 bridgehead atoms. The van der Waals surface area contributed by atoms with Crippen molar-refractivity contribution in [2.45, 2.75) is 27.7 Å². The molecule has 0 fully saturated rings. The first kappa shape index (κ1) is 19.2. The molecule has 1 heterocycles. The lowest BCUT2D eigenvalue weighted by molar-refractivity contribution is 0.0527. The Bertz CT molecular complexity index is 754. The minimum atomic E-state index is -0.337. The van der Waals surface area contributed by atoms with Crippen molar-refractivity contribution in [2.75, 3.05) is 23.8 Å². The lowest BCUT2D eigenvalue weighted by Crippen LogP contribution is -2.20. The van der Waals surface area contributed by atoms with E-state index >= 15 is 0 Å². The molecule has 5 nitrogen and oxygen atoms in total. The molecule has 0 saturated heterocycles. The maximum Gasteiger partial charge on any atom is 0.341 e. The van der Waals surface area contributed by atoms with Crippen LogP contribution in [0.4, 0.5) is 10.7 Å². The van der Waals surface area contributed by atoms with Gasteiger partial charge in [-0.1, -0.05) is 0 Å². The van der Waals surface area contributed by atoms with Gasteiger partial charge in [0.05, 0.1) is 18.8 Å². The van der Waals surface area contributed by atoms with Crippen LogP contribution in [0, 0.1) is 13.8 Å². The second-order valence-corrected chi connectivity index (χ2v) is 6.88. The van der Waals surface area contributed by atoms with Gasteiger partial charge in [0.15, 0.2) is 5.11 Å². The van der Waals surface area contributed by atoms with E-state index in [0.29, 0.717) is 28.9 Å². The van der Waals surface area contributed by atoms with E-state index in [4.69, 9.17) is 21.7 Å². The van der Waals surface area contributed by atoms with Crippen LogP contribution in [0.1, 0.15) is 34.6 Å². The van der Waals surface area contributed by atoms with Crippen LogP contribution in [0.3, 0.4) is 0 Å². The number of hydrogen-bond acceptors (Lipinski definition) is 5. The van der Waals surface area contributed by atoms with Crippen LogP contribution >= 0.6 is 23.6 Å². The standard InChI is InChI=1S/C18H22N2O3S2/c1-5-22-14-9-7-13(8-10-14)19-18(24)20-16-15(17(21)23-6-2)11(3)12(4)25-16/h7-10H,5-6H2,1-4H3,(H2,19,20,24). The number of nitrogens with one attached hydrogen (secondary N) is 2. The second-order valence-electron chi connectivity index (χ2n) is 5.24. The van der Waals surface area contributed by atoms with Gasteiger partial charge in [0.1, 0.15) is 10.8 Å². The Kier molecular flexibility index (Phi) is 6.78. The molecule has 0 amide bonds. The van der Waals surface area contributed by atoms with Crippen molar-refractivity contribution >= 4 is 45.3 Å². The average Bonchev–Trinajstić information content (AvgIpc) is 2.84. The SMILES string of the molecule is CCOC(=O)c1c(NC(=S)Nc2ccc(OCC)cc2)sc(C)c1C. The molecule has 0 spiro atoms.